The topological polar surface area (TPSA) is 121 Å². The molecule has 1 aliphatic carbocycles. The number of nitrogens with zero attached hydrogens (tertiary/aromatic N) is 4. The van der Waals surface area contributed by atoms with Gasteiger partial charge in [0.2, 0.25) is 0 Å². The van der Waals surface area contributed by atoms with Crippen molar-refractivity contribution in [3.63, 3.8) is 0 Å². The third-order valence-electron chi connectivity index (χ3n) is 10.3. The molecule has 5 heterocycles. The second-order valence-corrected chi connectivity index (χ2v) is 17.1. The number of thiazole rings is 1. The van der Waals surface area contributed by atoms with Crippen molar-refractivity contribution in [3.05, 3.63) is 62.8 Å². The highest BCUT2D eigenvalue weighted by Crippen LogP contribution is 2.47. The number of fused-ring (bicyclic) bond motifs is 3. The fraction of sp³-hybridized carbons (Fsp3) is 0.500. The van der Waals surface area contributed by atoms with Gasteiger partial charge in [0.1, 0.15) is 11.5 Å². The molecule has 4 aliphatic rings. The Morgan fingerprint density at radius 3 is 2.44 bits per heavy atom. The van der Waals surface area contributed by atoms with Crippen molar-refractivity contribution >= 4 is 66.0 Å². The quantitative estimate of drug-likeness (QED) is 0.186. The maximum atomic E-state index is 13.2. The number of carbonyl (C=O) groups is 1. The van der Waals surface area contributed by atoms with Gasteiger partial charge in [0, 0.05) is 60.4 Å². The minimum Gasteiger partial charge on any atom is -0.360 e. The number of aromatic nitrogens is 2. The number of carbonyl (C=O) groups excluding carboxylic acids is 1. The monoisotopic (exact) mass is 728 g/mol. The van der Waals surface area contributed by atoms with Gasteiger partial charge in [0.15, 0.2) is 5.13 Å². The summed E-state index contributed by atoms with van der Waals surface area (Å²) in [7, 11) is -3.88. The predicted octanol–water partition coefficient (Wildman–Crippen LogP) is 7.19. The molecule has 3 saturated heterocycles. The first-order chi connectivity index (χ1) is 23.2. The first-order valence-electron chi connectivity index (χ1n) is 16.8. The Hall–Kier alpha value is -2.74. The minimum atomic E-state index is -3.88. The molecule has 2 aromatic heterocycles. The van der Waals surface area contributed by atoms with Gasteiger partial charge < -0.3 is 14.7 Å². The standard InChI is InChI=1S/C34H38Cl2N6O4S2/c1-19-14-28-29(17-24(19)33(43)40-48(44,45)41-12-3-2-4-13-41)47-34(38-28)42-22-10-11-23(42)16-21(15-22)37-18-25-31(39-46-32(25)20-8-9-20)30-26(35)6-5-7-27(30)36/h5-7,14,17,20-23,37H,2-4,8-13,15-16,18H2,1H3,(H,40,43). The fourth-order valence-corrected chi connectivity index (χ4v) is 10.7. The zero-order valence-electron chi connectivity index (χ0n) is 26.7. The van der Waals surface area contributed by atoms with Gasteiger partial charge in [0.25, 0.3) is 5.91 Å². The van der Waals surface area contributed by atoms with E-state index >= 15 is 0 Å². The van der Waals surface area contributed by atoms with E-state index in [1.165, 1.54) is 4.31 Å². The lowest BCUT2D eigenvalue weighted by Gasteiger charge is -2.39. The molecule has 2 aromatic carbocycles. The van der Waals surface area contributed by atoms with Gasteiger partial charge in [-0.2, -0.15) is 12.7 Å². The molecule has 8 rings (SSSR count). The number of nitrogens with one attached hydrogen (secondary N) is 2. The zero-order chi connectivity index (χ0) is 33.2. The minimum absolute atomic E-state index is 0.323. The maximum Gasteiger partial charge on any atom is 0.304 e. The molecule has 14 heteroatoms. The van der Waals surface area contributed by atoms with Crippen LogP contribution < -0.4 is 14.9 Å². The molecule has 3 aliphatic heterocycles. The lowest BCUT2D eigenvalue weighted by Crippen LogP contribution is -2.49. The summed E-state index contributed by atoms with van der Waals surface area (Å²) in [6, 6.07) is 10.2. The molecular weight excluding hydrogens is 691 g/mol. The molecule has 48 heavy (non-hydrogen) atoms. The molecule has 4 aromatic rings. The second kappa shape index (κ2) is 12.9. The smallest absolute Gasteiger partial charge is 0.304 e. The highest BCUT2D eigenvalue weighted by atomic mass is 35.5. The number of amides is 1. The van der Waals surface area contributed by atoms with Crippen LogP contribution in [0.25, 0.3) is 21.5 Å². The van der Waals surface area contributed by atoms with Crippen LogP contribution in [-0.4, -0.2) is 60.0 Å². The van der Waals surface area contributed by atoms with Crippen LogP contribution in [0.1, 0.15) is 91.0 Å². The normalized spacial score (nSPS) is 23.2. The molecule has 2 atom stereocenters. The zero-order valence-corrected chi connectivity index (χ0v) is 29.8. The molecule has 4 fully saturated rings. The van der Waals surface area contributed by atoms with Crippen LogP contribution in [0.15, 0.2) is 34.9 Å². The van der Waals surface area contributed by atoms with Crippen molar-refractivity contribution in [3.8, 4) is 11.3 Å². The highest BCUT2D eigenvalue weighted by molar-refractivity contribution is 7.87. The molecule has 2 bridgehead atoms. The van der Waals surface area contributed by atoms with E-state index in [1.54, 1.807) is 17.4 Å². The van der Waals surface area contributed by atoms with E-state index in [1.807, 2.05) is 31.2 Å². The van der Waals surface area contributed by atoms with Crippen LogP contribution in [0, 0.1) is 6.92 Å². The Balaban J connectivity index is 0.974. The number of rotatable bonds is 9. The van der Waals surface area contributed by atoms with Gasteiger partial charge in [-0.3, -0.25) is 4.79 Å². The number of halogens is 2. The van der Waals surface area contributed by atoms with Gasteiger partial charge in [-0.1, -0.05) is 52.2 Å². The number of benzene rings is 2. The number of anilines is 1. The van der Waals surface area contributed by atoms with Crippen molar-refractivity contribution in [2.24, 2.45) is 0 Å². The van der Waals surface area contributed by atoms with Crippen LogP contribution in [0.2, 0.25) is 10.0 Å². The van der Waals surface area contributed by atoms with Gasteiger partial charge in [-0.05, 0) is 88.1 Å². The number of hydrogen-bond acceptors (Lipinski definition) is 9. The number of hydrogen-bond donors (Lipinski definition) is 2. The van der Waals surface area contributed by atoms with Gasteiger partial charge in [0.05, 0.1) is 20.3 Å². The summed E-state index contributed by atoms with van der Waals surface area (Å²) < 4.78 is 36.2. The van der Waals surface area contributed by atoms with E-state index in [9.17, 15) is 13.2 Å². The molecule has 2 unspecified atom stereocenters. The van der Waals surface area contributed by atoms with E-state index in [4.69, 9.17) is 32.7 Å². The van der Waals surface area contributed by atoms with E-state index in [2.05, 4.69) is 20.1 Å². The maximum absolute atomic E-state index is 13.2. The lowest BCUT2D eigenvalue weighted by atomic mass is 9.97. The SMILES string of the molecule is Cc1cc2nc(N3C4CCC3CC(NCc3c(-c5c(Cl)cccc5Cl)noc3C3CC3)C4)sc2cc1C(=O)NS(=O)(=O)N1CCCCC1. The van der Waals surface area contributed by atoms with E-state index < -0.39 is 16.1 Å². The largest absolute Gasteiger partial charge is 0.360 e. The molecule has 0 radical (unpaired) electrons. The number of piperidine rings is 2. The Bertz CT molecular complexity index is 1950. The van der Waals surface area contributed by atoms with Crippen molar-refractivity contribution in [1.29, 1.82) is 0 Å². The third kappa shape index (κ3) is 6.13. The molecule has 10 nitrogen and oxygen atoms in total. The Morgan fingerprint density at radius 2 is 1.75 bits per heavy atom. The summed E-state index contributed by atoms with van der Waals surface area (Å²) >= 11 is 14.7. The van der Waals surface area contributed by atoms with E-state index in [-0.39, 0.29) is 0 Å². The Labute approximate surface area is 294 Å². The van der Waals surface area contributed by atoms with Crippen molar-refractivity contribution in [2.45, 2.75) is 95.3 Å². The summed E-state index contributed by atoms with van der Waals surface area (Å²) in [6.45, 7) is 3.34. The molecular formula is C34H38Cl2N6O4S2. The first kappa shape index (κ1) is 32.5. The molecule has 0 spiro atoms. The van der Waals surface area contributed by atoms with Crippen LogP contribution in [-0.2, 0) is 16.8 Å². The average Bonchev–Trinajstić information content (AvgIpc) is 3.60. The van der Waals surface area contributed by atoms with Gasteiger partial charge >= 0.3 is 10.2 Å². The van der Waals surface area contributed by atoms with Crippen LogP contribution in [0.3, 0.4) is 0 Å². The summed E-state index contributed by atoms with van der Waals surface area (Å²) in [5.74, 6) is 0.742. The van der Waals surface area contributed by atoms with E-state index in [0.29, 0.717) is 64.8 Å². The molecule has 254 valence electrons. The van der Waals surface area contributed by atoms with Crippen LogP contribution >= 0.6 is 34.5 Å². The summed E-state index contributed by atoms with van der Waals surface area (Å²) in [5.41, 5.74) is 4.39. The lowest BCUT2D eigenvalue weighted by molar-refractivity contribution is 0.0978. The van der Waals surface area contributed by atoms with Gasteiger partial charge in [-0.15, -0.1) is 0 Å². The average molecular weight is 730 g/mol. The van der Waals surface area contributed by atoms with Crippen molar-refractivity contribution in [1.82, 2.24) is 24.5 Å². The van der Waals surface area contributed by atoms with Gasteiger partial charge in [-0.25, -0.2) is 9.71 Å². The van der Waals surface area contributed by atoms with Crippen LogP contribution in [0.5, 0.6) is 0 Å². The molecule has 2 N–H and O–H groups in total. The molecule has 1 saturated carbocycles. The van der Waals surface area contributed by atoms with Crippen molar-refractivity contribution in [2.75, 3.05) is 18.0 Å². The predicted molar refractivity (Wildman–Crippen MR) is 189 cm³/mol. The van der Waals surface area contributed by atoms with E-state index in [0.717, 1.165) is 95.7 Å². The summed E-state index contributed by atoms with van der Waals surface area (Å²) in [4.78, 5) is 20.7. The third-order valence-corrected chi connectivity index (χ3v) is 13.5. The Kier molecular flexibility index (Phi) is 8.70. The molecule has 1 amide bonds. The van der Waals surface area contributed by atoms with Crippen LogP contribution in [0.4, 0.5) is 5.13 Å². The number of aryl methyl sites for hydroxylation is 1. The second-order valence-electron chi connectivity index (χ2n) is 13.6. The summed E-state index contributed by atoms with van der Waals surface area (Å²) in [5, 5.41) is 10.4. The fourth-order valence-electron chi connectivity index (χ4n) is 7.75. The summed E-state index contributed by atoms with van der Waals surface area (Å²) in [6.07, 6.45) is 8.99. The Morgan fingerprint density at radius 1 is 1.04 bits per heavy atom. The highest BCUT2D eigenvalue weighted by Gasteiger charge is 2.42. The first-order valence-corrected chi connectivity index (χ1v) is 19.9. The van der Waals surface area contributed by atoms with Crippen molar-refractivity contribution < 1.29 is 17.7 Å².